The van der Waals surface area contributed by atoms with Crippen molar-refractivity contribution in [3.05, 3.63) is 50.4 Å². The molecule has 0 saturated heterocycles. The summed E-state index contributed by atoms with van der Waals surface area (Å²) in [7, 11) is 0. The van der Waals surface area contributed by atoms with Crippen molar-refractivity contribution in [2.45, 2.75) is 20.0 Å². The monoisotopic (exact) mass is 296 g/mol. The number of nitrogens with one attached hydrogen (secondary N) is 1. The average molecular weight is 297 g/mol. The molecule has 84 valence electrons. The van der Waals surface area contributed by atoms with E-state index in [9.17, 15) is 0 Å². The summed E-state index contributed by atoms with van der Waals surface area (Å²) in [5.41, 5.74) is 2.55. The van der Waals surface area contributed by atoms with E-state index < -0.39 is 0 Å². The second-order valence-corrected chi connectivity index (χ2v) is 6.16. The van der Waals surface area contributed by atoms with Gasteiger partial charge in [-0.2, -0.15) is 0 Å². The third-order valence-electron chi connectivity index (χ3n) is 2.38. The van der Waals surface area contributed by atoms with Crippen LogP contribution in [0.4, 0.5) is 0 Å². The van der Waals surface area contributed by atoms with Gasteiger partial charge < -0.3 is 5.32 Å². The van der Waals surface area contributed by atoms with Crippen molar-refractivity contribution in [1.82, 2.24) is 10.3 Å². The normalized spacial score (nSPS) is 10.6. The Kier molecular flexibility index (Phi) is 4.09. The summed E-state index contributed by atoms with van der Waals surface area (Å²) in [4.78, 5) is 5.43. The number of rotatable bonds is 4. The van der Waals surface area contributed by atoms with Crippen LogP contribution in [0.15, 0.2) is 34.4 Å². The van der Waals surface area contributed by atoms with Crippen molar-refractivity contribution in [3.8, 4) is 0 Å². The summed E-state index contributed by atoms with van der Waals surface area (Å²) in [5, 5.41) is 3.43. The predicted molar refractivity (Wildman–Crippen MR) is 71.5 cm³/mol. The van der Waals surface area contributed by atoms with E-state index >= 15 is 0 Å². The molecule has 0 bridgehead atoms. The number of pyridine rings is 1. The van der Waals surface area contributed by atoms with Gasteiger partial charge in [0.1, 0.15) is 0 Å². The molecule has 16 heavy (non-hydrogen) atoms. The number of hydrogen-bond donors (Lipinski definition) is 1. The van der Waals surface area contributed by atoms with Gasteiger partial charge in [-0.3, -0.25) is 4.98 Å². The van der Waals surface area contributed by atoms with Gasteiger partial charge in [0.2, 0.25) is 0 Å². The SMILES string of the molecule is Cc1cnccc1CNCc1ccc(Br)s1. The van der Waals surface area contributed by atoms with Crippen molar-refractivity contribution in [2.24, 2.45) is 0 Å². The molecule has 0 fully saturated rings. The maximum Gasteiger partial charge on any atom is 0.0701 e. The quantitative estimate of drug-likeness (QED) is 0.934. The van der Waals surface area contributed by atoms with Crippen LogP contribution in [-0.4, -0.2) is 4.98 Å². The maximum absolute atomic E-state index is 4.08. The first-order chi connectivity index (χ1) is 7.75. The molecule has 0 amide bonds. The molecule has 0 radical (unpaired) electrons. The van der Waals surface area contributed by atoms with Gasteiger partial charge in [-0.1, -0.05) is 0 Å². The Hall–Kier alpha value is -0.710. The van der Waals surface area contributed by atoms with Crippen LogP contribution in [0, 0.1) is 6.92 Å². The first-order valence-electron chi connectivity index (χ1n) is 5.10. The number of aryl methyl sites for hydroxylation is 1. The number of halogens is 1. The minimum Gasteiger partial charge on any atom is -0.308 e. The van der Waals surface area contributed by atoms with Crippen LogP contribution in [-0.2, 0) is 13.1 Å². The van der Waals surface area contributed by atoms with Crippen molar-refractivity contribution in [2.75, 3.05) is 0 Å². The molecule has 0 aliphatic carbocycles. The molecule has 0 unspecified atom stereocenters. The zero-order chi connectivity index (χ0) is 11.4. The highest BCUT2D eigenvalue weighted by Gasteiger charge is 1.99. The molecule has 2 aromatic rings. The third kappa shape index (κ3) is 3.14. The summed E-state index contributed by atoms with van der Waals surface area (Å²) >= 11 is 5.23. The summed E-state index contributed by atoms with van der Waals surface area (Å²) in [6.45, 7) is 3.90. The van der Waals surface area contributed by atoms with Gasteiger partial charge in [0.15, 0.2) is 0 Å². The van der Waals surface area contributed by atoms with E-state index in [1.807, 2.05) is 12.4 Å². The van der Waals surface area contributed by atoms with Crippen LogP contribution in [0.1, 0.15) is 16.0 Å². The van der Waals surface area contributed by atoms with Gasteiger partial charge in [-0.25, -0.2) is 0 Å². The Bertz CT molecular complexity index is 468. The lowest BCUT2D eigenvalue weighted by molar-refractivity contribution is 0.697. The molecule has 0 atom stereocenters. The molecule has 0 spiro atoms. The highest BCUT2D eigenvalue weighted by molar-refractivity contribution is 9.11. The Morgan fingerprint density at radius 3 is 2.88 bits per heavy atom. The van der Waals surface area contributed by atoms with E-state index in [0.717, 1.165) is 13.1 Å². The van der Waals surface area contributed by atoms with Crippen molar-refractivity contribution < 1.29 is 0 Å². The van der Waals surface area contributed by atoms with Gasteiger partial charge in [-0.15, -0.1) is 11.3 Å². The second-order valence-electron chi connectivity index (χ2n) is 3.61. The number of aromatic nitrogens is 1. The molecule has 2 nitrogen and oxygen atoms in total. The highest BCUT2D eigenvalue weighted by Crippen LogP contribution is 2.21. The standard InChI is InChI=1S/C12H13BrN2S/c1-9-6-14-5-4-10(9)7-15-8-11-2-3-12(13)16-11/h2-6,15H,7-8H2,1H3. The van der Waals surface area contributed by atoms with Gasteiger partial charge in [0, 0.05) is 30.4 Å². The minimum atomic E-state index is 0.893. The molecule has 0 saturated carbocycles. The van der Waals surface area contributed by atoms with Crippen LogP contribution < -0.4 is 5.32 Å². The highest BCUT2D eigenvalue weighted by atomic mass is 79.9. The van der Waals surface area contributed by atoms with E-state index in [1.165, 1.54) is 19.8 Å². The molecule has 2 heterocycles. The van der Waals surface area contributed by atoms with Crippen LogP contribution in [0.5, 0.6) is 0 Å². The Labute approximate surface area is 108 Å². The molecule has 2 aromatic heterocycles. The Balaban J connectivity index is 1.87. The molecule has 0 aliphatic rings. The number of nitrogens with zero attached hydrogens (tertiary/aromatic N) is 1. The smallest absolute Gasteiger partial charge is 0.0701 e. The Morgan fingerprint density at radius 2 is 2.19 bits per heavy atom. The number of hydrogen-bond acceptors (Lipinski definition) is 3. The molecule has 0 aliphatic heterocycles. The van der Waals surface area contributed by atoms with Gasteiger partial charge in [0.25, 0.3) is 0 Å². The Morgan fingerprint density at radius 1 is 1.31 bits per heavy atom. The van der Waals surface area contributed by atoms with Crippen LogP contribution in [0.25, 0.3) is 0 Å². The fourth-order valence-corrected chi connectivity index (χ4v) is 2.92. The van der Waals surface area contributed by atoms with Crippen molar-refractivity contribution in [3.63, 3.8) is 0 Å². The van der Waals surface area contributed by atoms with Crippen molar-refractivity contribution >= 4 is 27.3 Å². The zero-order valence-corrected chi connectivity index (χ0v) is 11.4. The first-order valence-corrected chi connectivity index (χ1v) is 6.71. The molecular weight excluding hydrogens is 284 g/mol. The summed E-state index contributed by atoms with van der Waals surface area (Å²) < 4.78 is 1.18. The lowest BCUT2D eigenvalue weighted by Crippen LogP contribution is -2.12. The molecule has 0 aromatic carbocycles. The van der Waals surface area contributed by atoms with Gasteiger partial charge in [-0.05, 0) is 52.2 Å². The predicted octanol–water partition coefficient (Wildman–Crippen LogP) is 3.50. The lowest BCUT2D eigenvalue weighted by atomic mass is 10.1. The van der Waals surface area contributed by atoms with E-state index in [2.05, 4.69) is 51.4 Å². The minimum absolute atomic E-state index is 0.893. The fraction of sp³-hybridized carbons (Fsp3) is 0.250. The lowest BCUT2D eigenvalue weighted by Gasteiger charge is -2.05. The summed E-state index contributed by atoms with van der Waals surface area (Å²) in [5.74, 6) is 0. The molecule has 4 heteroatoms. The largest absolute Gasteiger partial charge is 0.308 e. The molecule has 1 N–H and O–H groups in total. The maximum atomic E-state index is 4.08. The van der Waals surface area contributed by atoms with E-state index in [0.29, 0.717) is 0 Å². The van der Waals surface area contributed by atoms with Crippen molar-refractivity contribution in [1.29, 1.82) is 0 Å². The van der Waals surface area contributed by atoms with E-state index in [4.69, 9.17) is 0 Å². The topological polar surface area (TPSA) is 24.9 Å². The van der Waals surface area contributed by atoms with E-state index in [-0.39, 0.29) is 0 Å². The number of thiophene rings is 1. The van der Waals surface area contributed by atoms with Crippen LogP contribution in [0.3, 0.4) is 0 Å². The van der Waals surface area contributed by atoms with Gasteiger partial charge in [0.05, 0.1) is 3.79 Å². The van der Waals surface area contributed by atoms with E-state index in [1.54, 1.807) is 11.3 Å². The molecular formula is C12H13BrN2S. The zero-order valence-electron chi connectivity index (χ0n) is 9.03. The fourth-order valence-electron chi connectivity index (χ4n) is 1.47. The third-order valence-corrected chi connectivity index (χ3v) is 4.00. The first kappa shape index (κ1) is 11.8. The second kappa shape index (κ2) is 5.57. The summed E-state index contributed by atoms with van der Waals surface area (Å²) in [6, 6.07) is 6.28. The van der Waals surface area contributed by atoms with Crippen LogP contribution in [0.2, 0.25) is 0 Å². The van der Waals surface area contributed by atoms with Crippen LogP contribution >= 0.6 is 27.3 Å². The molecule has 2 rings (SSSR count). The summed E-state index contributed by atoms with van der Waals surface area (Å²) in [6.07, 6.45) is 3.74. The van der Waals surface area contributed by atoms with Gasteiger partial charge >= 0.3 is 0 Å². The average Bonchev–Trinajstić information content (AvgIpc) is 2.67.